The number of aromatic hydroxyl groups is 1. The third-order valence-electron chi connectivity index (χ3n) is 5.05. The van der Waals surface area contributed by atoms with Gasteiger partial charge in [0, 0.05) is 6.42 Å². The van der Waals surface area contributed by atoms with Crippen molar-refractivity contribution in [3.05, 3.63) is 29.8 Å². The molecule has 0 aromatic heterocycles. The SMILES string of the molecule is CCC(C)C(N)C(=O)NC(Cc1ccc(O)cc1)C(=O)NC(C)C(=O)NC(C)C(=O)O. The van der Waals surface area contributed by atoms with E-state index >= 15 is 0 Å². The number of carbonyl (C=O) groups is 4. The lowest BCUT2D eigenvalue weighted by molar-refractivity contribution is -0.141. The van der Waals surface area contributed by atoms with Crippen molar-refractivity contribution in [2.75, 3.05) is 0 Å². The van der Waals surface area contributed by atoms with E-state index in [4.69, 9.17) is 10.8 Å². The van der Waals surface area contributed by atoms with Crippen LogP contribution in [-0.2, 0) is 25.6 Å². The number of benzene rings is 1. The summed E-state index contributed by atoms with van der Waals surface area (Å²) in [5.41, 5.74) is 6.64. The van der Waals surface area contributed by atoms with Crippen molar-refractivity contribution in [3.8, 4) is 5.75 Å². The summed E-state index contributed by atoms with van der Waals surface area (Å²) in [5, 5.41) is 25.7. The fraction of sp³-hybridized carbons (Fsp3) is 0.524. The van der Waals surface area contributed by atoms with Gasteiger partial charge in [-0.3, -0.25) is 19.2 Å². The lowest BCUT2D eigenvalue weighted by Crippen LogP contribution is -2.57. The summed E-state index contributed by atoms with van der Waals surface area (Å²) in [7, 11) is 0. The molecule has 10 heteroatoms. The van der Waals surface area contributed by atoms with E-state index in [1.807, 2.05) is 13.8 Å². The number of carboxylic acid groups (broad SMARTS) is 1. The number of nitrogens with two attached hydrogens (primary N) is 1. The minimum atomic E-state index is -1.21. The summed E-state index contributed by atoms with van der Waals surface area (Å²) >= 11 is 0. The predicted octanol–water partition coefficient (Wildman–Crippen LogP) is -0.113. The molecule has 0 saturated heterocycles. The molecule has 31 heavy (non-hydrogen) atoms. The van der Waals surface area contributed by atoms with Crippen LogP contribution in [0.25, 0.3) is 0 Å². The second-order valence-corrected chi connectivity index (χ2v) is 7.64. The molecule has 0 aliphatic carbocycles. The lowest BCUT2D eigenvalue weighted by Gasteiger charge is -2.24. The Kier molecular flexibility index (Phi) is 9.94. The molecule has 0 aliphatic heterocycles. The van der Waals surface area contributed by atoms with E-state index in [0.29, 0.717) is 12.0 Å². The molecule has 0 radical (unpaired) electrons. The van der Waals surface area contributed by atoms with Crippen LogP contribution in [0.15, 0.2) is 24.3 Å². The summed E-state index contributed by atoms with van der Waals surface area (Å²) < 4.78 is 0. The Morgan fingerprint density at radius 2 is 1.45 bits per heavy atom. The molecule has 10 nitrogen and oxygen atoms in total. The molecule has 0 bridgehead atoms. The fourth-order valence-electron chi connectivity index (χ4n) is 2.64. The molecule has 0 aliphatic rings. The van der Waals surface area contributed by atoms with E-state index in [9.17, 15) is 24.3 Å². The van der Waals surface area contributed by atoms with Crippen molar-refractivity contribution >= 4 is 23.7 Å². The largest absolute Gasteiger partial charge is 0.508 e. The van der Waals surface area contributed by atoms with Crippen molar-refractivity contribution in [2.24, 2.45) is 11.7 Å². The maximum Gasteiger partial charge on any atom is 0.325 e. The van der Waals surface area contributed by atoms with Crippen LogP contribution in [0, 0.1) is 5.92 Å². The Balaban J connectivity index is 2.93. The van der Waals surface area contributed by atoms with Gasteiger partial charge in [0.15, 0.2) is 0 Å². The first-order chi connectivity index (χ1) is 14.5. The topological polar surface area (TPSA) is 171 Å². The van der Waals surface area contributed by atoms with Crippen LogP contribution < -0.4 is 21.7 Å². The number of hydrogen-bond acceptors (Lipinski definition) is 6. The molecular formula is C21H32N4O6. The number of aliphatic carboxylic acids is 1. The average Bonchev–Trinajstić information content (AvgIpc) is 2.73. The van der Waals surface area contributed by atoms with Gasteiger partial charge in [-0.05, 0) is 37.5 Å². The van der Waals surface area contributed by atoms with Crippen LogP contribution >= 0.6 is 0 Å². The Bertz CT molecular complexity index is 783. The van der Waals surface area contributed by atoms with Gasteiger partial charge in [-0.2, -0.15) is 0 Å². The molecule has 5 unspecified atom stereocenters. The molecular weight excluding hydrogens is 404 g/mol. The highest BCUT2D eigenvalue weighted by molar-refractivity contribution is 5.94. The quantitative estimate of drug-likeness (QED) is 0.281. The molecule has 3 amide bonds. The monoisotopic (exact) mass is 436 g/mol. The number of nitrogens with one attached hydrogen (secondary N) is 3. The number of phenolic OH excluding ortho intramolecular Hbond substituents is 1. The van der Waals surface area contributed by atoms with Crippen molar-refractivity contribution in [2.45, 2.75) is 64.7 Å². The van der Waals surface area contributed by atoms with Crippen molar-refractivity contribution < 1.29 is 29.4 Å². The number of hydrogen-bond donors (Lipinski definition) is 6. The molecule has 0 saturated carbocycles. The molecule has 1 rings (SSSR count). The third kappa shape index (κ3) is 8.25. The number of carbonyl (C=O) groups excluding carboxylic acids is 3. The Labute approximate surface area is 181 Å². The van der Waals surface area contributed by atoms with Gasteiger partial charge in [0.05, 0.1) is 6.04 Å². The molecule has 1 aromatic rings. The molecule has 5 atom stereocenters. The average molecular weight is 437 g/mol. The summed E-state index contributed by atoms with van der Waals surface area (Å²) in [6.45, 7) is 6.44. The van der Waals surface area contributed by atoms with Gasteiger partial charge in [-0.15, -0.1) is 0 Å². The number of carboxylic acids is 1. The predicted molar refractivity (Wildman–Crippen MR) is 114 cm³/mol. The zero-order valence-corrected chi connectivity index (χ0v) is 18.2. The highest BCUT2D eigenvalue weighted by Gasteiger charge is 2.28. The Morgan fingerprint density at radius 3 is 1.97 bits per heavy atom. The van der Waals surface area contributed by atoms with Crippen molar-refractivity contribution in [1.82, 2.24) is 16.0 Å². The van der Waals surface area contributed by atoms with Crippen LogP contribution in [-0.4, -0.2) is 58.1 Å². The van der Waals surface area contributed by atoms with E-state index in [2.05, 4.69) is 16.0 Å². The number of rotatable bonds is 11. The minimum Gasteiger partial charge on any atom is -0.508 e. The molecule has 0 heterocycles. The highest BCUT2D eigenvalue weighted by Crippen LogP contribution is 2.12. The number of amides is 3. The maximum atomic E-state index is 12.8. The second kappa shape index (κ2) is 11.9. The summed E-state index contributed by atoms with van der Waals surface area (Å²) in [5.74, 6) is -3.03. The summed E-state index contributed by atoms with van der Waals surface area (Å²) in [6, 6.07) is 2.16. The van der Waals surface area contributed by atoms with Crippen LogP contribution in [0.1, 0.15) is 39.7 Å². The van der Waals surface area contributed by atoms with Crippen LogP contribution in [0.3, 0.4) is 0 Å². The minimum absolute atomic E-state index is 0.0606. The van der Waals surface area contributed by atoms with Gasteiger partial charge in [0.2, 0.25) is 17.7 Å². The van der Waals surface area contributed by atoms with Crippen LogP contribution in [0.2, 0.25) is 0 Å². The van der Waals surface area contributed by atoms with Crippen LogP contribution in [0.5, 0.6) is 5.75 Å². The van der Waals surface area contributed by atoms with E-state index in [0.717, 1.165) is 0 Å². The van der Waals surface area contributed by atoms with E-state index in [1.165, 1.54) is 26.0 Å². The molecule has 7 N–H and O–H groups in total. The first-order valence-corrected chi connectivity index (χ1v) is 10.1. The third-order valence-corrected chi connectivity index (χ3v) is 5.05. The van der Waals surface area contributed by atoms with Gasteiger partial charge in [0.25, 0.3) is 0 Å². The zero-order chi connectivity index (χ0) is 23.7. The van der Waals surface area contributed by atoms with Gasteiger partial charge in [-0.25, -0.2) is 0 Å². The first-order valence-electron chi connectivity index (χ1n) is 10.1. The standard InChI is InChI=1S/C21H32N4O6/c1-5-11(2)17(22)20(29)25-16(10-14-6-8-15(26)9-7-14)19(28)23-12(3)18(27)24-13(4)21(30)31/h6-9,11-13,16-17,26H,5,10,22H2,1-4H3,(H,23,28)(H,24,27)(H,25,29)(H,30,31). The molecule has 1 aromatic carbocycles. The summed E-state index contributed by atoms with van der Waals surface area (Å²) in [4.78, 5) is 48.4. The molecule has 0 spiro atoms. The normalized spacial score (nSPS) is 15.6. The van der Waals surface area contributed by atoms with Crippen molar-refractivity contribution in [3.63, 3.8) is 0 Å². The zero-order valence-electron chi connectivity index (χ0n) is 18.2. The van der Waals surface area contributed by atoms with Gasteiger partial charge >= 0.3 is 5.97 Å². The molecule has 0 fully saturated rings. The summed E-state index contributed by atoms with van der Waals surface area (Å²) in [6.07, 6.45) is 0.785. The first kappa shape index (κ1) is 25.9. The van der Waals surface area contributed by atoms with Crippen molar-refractivity contribution in [1.29, 1.82) is 0 Å². The fourth-order valence-corrected chi connectivity index (χ4v) is 2.64. The Morgan fingerprint density at radius 1 is 0.903 bits per heavy atom. The smallest absolute Gasteiger partial charge is 0.325 e. The van der Waals surface area contributed by atoms with Crippen LogP contribution in [0.4, 0.5) is 0 Å². The Hall–Kier alpha value is -3.14. The van der Waals surface area contributed by atoms with E-state index < -0.39 is 47.9 Å². The van der Waals surface area contributed by atoms with Gasteiger partial charge in [0.1, 0.15) is 23.9 Å². The van der Waals surface area contributed by atoms with Gasteiger partial charge in [-0.1, -0.05) is 32.4 Å². The van der Waals surface area contributed by atoms with E-state index in [1.54, 1.807) is 12.1 Å². The highest BCUT2D eigenvalue weighted by atomic mass is 16.4. The van der Waals surface area contributed by atoms with E-state index in [-0.39, 0.29) is 18.1 Å². The lowest BCUT2D eigenvalue weighted by atomic mass is 9.98. The number of phenols is 1. The second-order valence-electron chi connectivity index (χ2n) is 7.64. The molecule has 172 valence electrons. The van der Waals surface area contributed by atoms with Gasteiger partial charge < -0.3 is 31.9 Å². The maximum absolute atomic E-state index is 12.8.